The Balaban J connectivity index is 2.40. The number of rotatable bonds is 7. The normalized spacial score (nSPS) is 12.4. The van der Waals surface area contributed by atoms with Crippen molar-refractivity contribution in [3.8, 4) is 0 Å². The van der Waals surface area contributed by atoms with Gasteiger partial charge in [-0.05, 0) is 18.4 Å². The molecule has 1 rings (SSSR count). The Morgan fingerprint density at radius 2 is 2.06 bits per heavy atom. The minimum absolute atomic E-state index is 0.116. The zero-order valence-corrected chi connectivity index (χ0v) is 9.95. The average Bonchev–Trinajstić information content (AvgIpc) is 2.35. The molecule has 0 saturated carbocycles. The van der Waals surface area contributed by atoms with Crippen molar-refractivity contribution in [2.24, 2.45) is 0 Å². The molecule has 0 aromatic heterocycles. The van der Waals surface area contributed by atoms with Crippen LogP contribution in [-0.2, 0) is 6.42 Å². The molecule has 0 fully saturated rings. The Bertz CT molecular complexity index is 308. The van der Waals surface area contributed by atoms with Crippen LogP contribution in [0.3, 0.4) is 0 Å². The fourth-order valence-corrected chi connectivity index (χ4v) is 1.51. The number of aliphatic hydroxyl groups excluding tert-OH is 1. The molecule has 2 heteroatoms. The molecule has 2 N–H and O–H groups in total. The van der Waals surface area contributed by atoms with Crippen LogP contribution in [0.15, 0.2) is 42.5 Å². The predicted octanol–water partition coefficient (Wildman–Crippen LogP) is 2.15. The third kappa shape index (κ3) is 4.60. The van der Waals surface area contributed by atoms with E-state index in [4.69, 9.17) is 0 Å². The summed E-state index contributed by atoms with van der Waals surface area (Å²) >= 11 is 0. The van der Waals surface area contributed by atoms with Crippen molar-refractivity contribution in [3.63, 3.8) is 0 Å². The minimum atomic E-state index is 0.116. The second kappa shape index (κ2) is 7.20. The van der Waals surface area contributed by atoms with Gasteiger partial charge in [-0.2, -0.15) is 0 Å². The van der Waals surface area contributed by atoms with E-state index < -0.39 is 0 Å². The summed E-state index contributed by atoms with van der Waals surface area (Å²) in [6, 6.07) is 10.3. The summed E-state index contributed by atoms with van der Waals surface area (Å²) in [4.78, 5) is 0. The van der Waals surface area contributed by atoms with Crippen LogP contribution < -0.4 is 5.32 Å². The standard InChI is InChI=1S/C14H21NO/c1-3-12(2)10-15-14(11-16)9-13-7-5-4-6-8-13/h4-8,14-16H,2-3,9-11H2,1H3. The third-order valence-electron chi connectivity index (χ3n) is 2.69. The van der Waals surface area contributed by atoms with Gasteiger partial charge in [0.15, 0.2) is 0 Å². The number of hydrogen-bond donors (Lipinski definition) is 2. The molecule has 2 nitrogen and oxygen atoms in total. The van der Waals surface area contributed by atoms with Gasteiger partial charge >= 0.3 is 0 Å². The van der Waals surface area contributed by atoms with Crippen LogP contribution in [0.1, 0.15) is 18.9 Å². The third-order valence-corrected chi connectivity index (χ3v) is 2.69. The zero-order chi connectivity index (χ0) is 11.8. The smallest absolute Gasteiger partial charge is 0.0587 e. The molecule has 1 aromatic carbocycles. The van der Waals surface area contributed by atoms with Crippen LogP contribution in [0.25, 0.3) is 0 Å². The van der Waals surface area contributed by atoms with Crippen molar-refractivity contribution < 1.29 is 5.11 Å². The molecule has 0 aliphatic carbocycles. The van der Waals surface area contributed by atoms with Gasteiger partial charge in [-0.25, -0.2) is 0 Å². The monoisotopic (exact) mass is 219 g/mol. The molecule has 1 atom stereocenters. The summed E-state index contributed by atoms with van der Waals surface area (Å²) in [5, 5.41) is 12.6. The molecule has 88 valence electrons. The van der Waals surface area contributed by atoms with E-state index in [1.807, 2.05) is 18.2 Å². The van der Waals surface area contributed by atoms with E-state index in [9.17, 15) is 5.11 Å². The van der Waals surface area contributed by atoms with Crippen molar-refractivity contribution in [3.05, 3.63) is 48.0 Å². The molecular weight excluding hydrogens is 198 g/mol. The van der Waals surface area contributed by atoms with Gasteiger partial charge in [-0.15, -0.1) is 0 Å². The maximum atomic E-state index is 9.28. The highest BCUT2D eigenvalue weighted by atomic mass is 16.3. The molecule has 0 amide bonds. The molecule has 0 bridgehead atoms. The van der Waals surface area contributed by atoms with Crippen molar-refractivity contribution in [2.45, 2.75) is 25.8 Å². The van der Waals surface area contributed by atoms with Crippen LogP contribution in [0.5, 0.6) is 0 Å². The van der Waals surface area contributed by atoms with E-state index in [1.54, 1.807) is 0 Å². The van der Waals surface area contributed by atoms with E-state index in [0.717, 1.165) is 19.4 Å². The lowest BCUT2D eigenvalue weighted by molar-refractivity contribution is 0.244. The molecular formula is C14H21NO. The summed E-state index contributed by atoms with van der Waals surface area (Å²) in [7, 11) is 0. The molecule has 0 aliphatic heterocycles. The Morgan fingerprint density at radius 3 is 2.62 bits per heavy atom. The molecule has 1 unspecified atom stereocenters. The fraction of sp³-hybridized carbons (Fsp3) is 0.429. The van der Waals surface area contributed by atoms with Gasteiger partial charge in [0, 0.05) is 12.6 Å². The van der Waals surface area contributed by atoms with Crippen LogP contribution >= 0.6 is 0 Å². The van der Waals surface area contributed by atoms with Gasteiger partial charge < -0.3 is 10.4 Å². The predicted molar refractivity (Wildman–Crippen MR) is 68.5 cm³/mol. The topological polar surface area (TPSA) is 32.3 Å². The summed E-state index contributed by atoms with van der Waals surface area (Å²) in [5.74, 6) is 0. The van der Waals surface area contributed by atoms with Crippen LogP contribution in [-0.4, -0.2) is 24.3 Å². The Morgan fingerprint density at radius 1 is 1.38 bits per heavy atom. The van der Waals surface area contributed by atoms with Gasteiger partial charge in [-0.1, -0.05) is 49.4 Å². The highest BCUT2D eigenvalue weighted by Crippen LogP contribution is 2.03. The van der Waals surface area contributed by atoms with Gasteiger partial charge in [0.05, 0.1) is 6.61 Å². The van der Waals surface area contributed by atoms with Crippen molar-refractivity contribution in [1.29, 1.82) is 0 Å². The summed E-state index contributed by atoms with van der Waals surface area (Å²) < 4.78 is 0. The van der Waals surface area contributed by atoms with Crippen LogP contribution in [0.2, 0.25) is 0 Å². The quantitative estimate of drug-likeness (QED) is 0.689. The second-order valence-corrected chi connectivity index (χ2v) is 4.05. The zero-order valence-electron chi connectivity index (χ0n) is 9.95. The van der Waals surface area contributed by atoms with E-state index in [-0.39, 0.29) is 12.6 Å². The largest absolute Gasteiger partial charge is 0.395 e. The molecule has 0 spiro atoms. The molecule has 16 heavy (non-hydrogen) atoms. The molecule has 0 saturated heterocycles. The van der Waals surface area contributed by atoms with E-state index in [2.05, 4.69) is 31.0 Å². The maximum Gasteiger partial charge on any atom is 0.0587 e. The van der Waals surface area contributed by atoms with E-state index >= 15 is 0 Å². The maximum absolute atomic E-state index is 9.28. The molecule has 0 aliphatic rings. The summed E-state index contributed by atoms with van der Waals surface area (Å²) in [5.41, 5.74) is 2.42. The fourth-order valence-electron chi connectivity index (χ4n) is 1.51. The minimum Gasteiger partial charge on any atom is -0.395 e. The van der Waals surface area contributed by atoms with E-state index in [1.165, 1.54) is 11.1 Å². The first kappa shape index (κ1) is 12.9. The SMILES string of the molecule is C=C(CC)CNC(CO)Cc1ccccc1. The lowest BCUT2D eigenvalue weighted by Crippen LogP contribution is -2.35. The lowest BCUT2D eigenvalue weighted by atomic mass is 10.1. The summed E-state index contributed by atoms with van der Waals surface area (Å²) in [6.45, 7) is 6.98. The molecule has 0 heterocycles. The first-order valence-corrected chi connectivity index (χ1v) is 5.81. The number of benzene rings is 1. The Hall–Kier alpha value is -1.12. The molecule has 0 radical (unpaired) electrons. The number of nitrogens with one attached hydrogen (secondary N) is 1. The highest BCUT2D eigenvalue weighted by molar-refractivity contribution is 5.16. The molecule has 1 aromatic rings. The first-order valence-electron chi connectivity index (χ1n) is 5.81. The lowest BCUT2D eigenvalue weighted by Gasteiger charge is -2.16. The summed E-state index contributed by atoms with van der Waals surface area (Å²) in [6.07, 6.45) is 1.84. The number of aliphatic hydroxyl groups is 1. The highest BCUT2D eigenvalue weighted by Gasteiger charge is 2.07. The first-order chi connectivity index (χ1) is 7.76. The van der Waals surface area contributed by atoms with Gasteiger partial charge in [0.2, 0.25) is 0 Å². The van der Waals surface area contributed by atoms with Crippen molar-refractivity contribution in [2.75, 3.05) is 13.2 Å². The van der Waals surface area contributed by atoms with Crippen molar-refractivity contribution >= 4 is 0 Å². The Labute approximate surface area is 98.0 Å². The van der Waals surface area contributed by atoms with Gasteiger partial charge in [0.1, 0.15) is 0 Å². The van der Waals surface area contributed by atoms with Gasteiger partial charge in [-0.3, -0.25) is 0 Å². The second-order valence-electron chi connectivity index (χ2n) is 4.05. The Kier molecular flexibility index (Phi) is 5.83. The van der Waals surface area contributed by atoms with Crippen LogP contribution in [0, 0.1) is 0 Å². The van der Waals surface area contributed by atoms with Crippen LogP contribution in [0.4, 0.5) is 0 Å². The number of hydrogen-bond acceptors (Lipinski definition) is 2. The van der Waals surface area contributed by atoms with Crippen molar-refractivity contribution in [1.82, 2.24) is 5.32 Å². The van der Waals surface area contributed by atoms with Gasteiger partial charge in [0.25, 0.3) is 0 Å². The average molecular weight is 219 g/mol. The van der Waals surface area contributed by atoms with E-state index in [0.29, 0.717) is 0 Å².